The first-order valence-corrected chi connectivity index (χ1v) is 8.97. The molecule has 0 saturated heterocycles. The van der Waals surface area contributed by atoms with Gasteiger partial charge >= 0.3 is 18.0 Å². The molecule has 0 aromatic heterocycles. The molecule has 0 unspecified atom stereocenters. The molecule has 2 fully saturated rings. The second-order valence-corrected chi connectivity index (χ2v) is 7.22. The number of benzene rings is 1. The monoisotopic (exact) mass is 393 g/mol. The Morgan fingerprint density at radius 2 is 2.15 bits per heavy atom. The van der Waals surface area contributed by atoms with Gasteiger partial charge in [-0.2, -0.15) is 0 Å². The zero-order chi connectivity index (χ0) is 19.6. The van der Waals surface area contributed by atoms with E-state index >= 15 is 0 Å². The van der Waals surface area contributed by atoms with E-state index in [1.807, 2.05) is 0 Å². The molecule has 7 nitrogen and oxygen atoms in total. The Balaban J connectivity index is 1.75. The maximum atomic E-state index is 12.9. The molecule has 8 heteroatoms. The lowest BCUT2D eigenvalue weighted by atomic mass is 9.90. The van der Waals surface area contributed by atoms with Gasteiger partial charge in [-0.25, -0.2) is 9.59 Å². The number of aliphatic carboxylic acids is 1. The molecule has 1 aromatic carbocycles. The minimum absolute atomic E-state index is 0.0179. The maximum absolute atomic E-state index is 12.9. The second kappa shape index (κ2) is 7.60. The van der Waals surface area contributed by atoms with Gasteiger partial charge in [0, 0.05) is 10.9 Å². The van der Waals surface area contributed by atoms with Gasteiger partial charge in [0.25, 0.3) is 0 Å². The molecule has 0 bridgehead atoms. The van der Waals surface area contributed by atoms with Crippen molar-refractivity contribution in [2.45, 2.75) is 25.0 Å². The number of amides is 1. The molecule has 0 radical (unpaired) electrons. The van der Waals surface area contributed by atoms with Crippen molar-refractivity contribution in [1.29, 1.82) is 0 Å². The third-order valence-corrected chi connectivity index (χ3v) is 5.41. The van der Waals surface area contributed by atoms with Crippen molar-refractivity contribution in [2.24, 2.45) is 17.8 Å². The summed E-state index contributed by atoms with van der Waals surface area (Å²) >= 11 is 5.93. The molecule has 144 valence electrons. The van der Waals surface area contributed by atoms with Crippen LogP contribution in [0.4, 0.5) is 4.79 Å². The standard InChI is InChI=1S/C19H20ClNO6/c1-2-8-26-18(25)21-19(7-6-13-14(15(13)19)16(22)23)17(24)27-10-11-4-3-5-12(20)9-11/h2-5,9,13-15H,1,6-8,10H2,(H,21,25)(H,22,23)/t13-,14-,15-,19-/m0/s1. The topological polar surface area (TPSA) is 102 Å². The Kier molecular flexibility index (Phi) is 5.41. The number of carbonyl (C=O) groups excluding carboxylic acids is 2. The number of rotatable bonds is 7. The van der Waals surface area contributed by atoms with E-state index in [-0.39, 0.29) is 19.1 Å². The molecule has 1 amide bonds. The number of carboxylic acid groups (broad SMARTS) is 1. The van der Waals surface area contributed by atoms with Crippen molar-refractivity contribution >= 4 is 29.6 Å². The van der Waals surface area contributed by atoms with Gasteiger partial charge in [-0.15, -0.1) is 0 Å². The van der Waals surface area contributed by atoms with Crippen molar-refractivity contribution in [3.05, 3.63) is 47.5 Å². The molecule has 2 aliphatic rings. The summed E-state index contributed by atoms with van der Waals surface area (Å²) in [5.74, 6) is -2.96. The Morgan fingerprint density at radius 3 is 2.78 bits per heavy atom. The molecule has 0 heterocycles. The predicted octanol–water partition coefficient (Wildman–Crippen LogP) is 2.77. The molecule has 0 spiro atoms. The van der Waals surface area contributed by atoms with Gasteiger partial charge in [-0.3, -0.25) is 4.79 Å². The van der Waals surface area contributed by atoms with Crippen molar-refractivity contribution in [2.75, 3.05) is 6.61 Å². The third-order valence-electron chi connectivity index (χ3n) is 5.18. The van der Waals surface area contributed by atoms with Crippen LogP contribution in [0.15, 0.2) is 36.9 Å². The molecule has 3 rings (SSSR count). The van der Waals surface area contributed by atoms with Crippen LogP contribution in [0.5, 0.6) is 0 Å². The fraction of sp³-hybridized carbons (Fsp3) is 0.421. The number of fused-ring (bicyclic) bond motifs is 1. The average Bonchev–Trinajstić information content (AvgIpc) is 3.27. The molecule has 0 aliphatic heterocycles. The number of carboxylic acids is 1. The Hall–Kier alpha value is -2.54. The lowest BCUT2D eigenvalue weighted by Crippen LogP contribution is -2.56. The molecule has 27 heavy (non-hydrogen) atoms. The van der Waals surface area contributed by atoms with Crippen molar-refractivity contribution < 1.29 is 29.0 Å². The van der Waals surface area contributed by atoms with Crippen molar-refractivity contribution in [3.8, 4) is 0 Å². The number of esters is 1. The fourth-order valence-corrected chi connectivity index (χ4v) is 4.21. The Labute approximate surface area is 161 Å². The van der Waals surface area contributed by atoms with Gasteiger partial charge in [0.05, 0.1) is 5.92 Å². The highest BCUT2D eigenvalue weighted by Crippen LogP contribution is 2.62. The van der Waals surface area contributed by atoms with Crippen LogP contribution >= 0.6 is 11.6 Å². The van der Waals surface area contributed by atoms with Gasteiger partial charge < -0.3 is 19.9 Å². The molecular formula is C19H20ClNO6. The highest BCUT2D eigenvalue weighted by Gasteiger charge is 2.72. The van der Waals surface area contributed by atoms with Crippen molar-refractivity contribution in [1.82, 2.24) is 5.32 Å². The number of hydrogen-bond acceptors (Lipinski definition) is 5. The van der Waals surface area contributed by atoms with Crippen LogP contribution in [-0.4, -0.2) is 35.3 Å². The van der Waals surface area contributed by atoms with Gasteiger partial charge in [-0.05, 0) is 36.5 Å². The van der Waals surface area contributed by atoms with Gasteiger partial charge in [0.2, 0.25) is 0 Å². The minimum atomic E-state index is -1.40. The normalized spacial score (nSPS) is 28.0. The zero-order valence-corrected chi connectivity index (χ0v) is 15.3. The summed E-state index contributed by atoms with van der Waals surface area (Å²) in [5, 5.41) is 12.5. The summed E-state index contributed by atoms with van der Waals surface area (Å²) in [6, 6.07) is 6.86. The third kappa shape index (κ3) is 3.78. The minimum Gasteiger partial charge on any atom is -0.481 e. The largest absolute Gasteiger partial charge is 0.481 e. The fourth-order valence-electron chi connectivity index (χ4n) is 3.99. The summed E-state index contributed by atoms with van der Waals surface area (Å²) in [6.45, 7) is 3.41. The first kappa shape index (κ1) is 19.2. The second-order valence-electron chi connectivity index (χ2n) is 6.78. The first-order valence-electron chi connectivity index (χ1n) is 8.59. The zero-order valence-electron chi connectivity index (χ0n) is 14.5. The Bertz CT molecular complexity index is 781. The summed E-state index contributed by atoms with van der Waals surface area (Å²) in [6.07, 6.45) is 1.43. The van der Waals surface area contributed by atoms with Crippen LogP contribution in [0.1, 0.15) is 18.4 Å². The summed E-state index contributed by atoms with van der Waals surface area (Å²) < 4.78 is 10.3. The number of alkyl carbamates (subject to hydrolysis) is 1. The van der Waals surface area contributed by atoms with E-state index in [2.05, 4.69) is 11.9 Å². The SMILES string of the molecule is C=CCOC(=O)N[C@@]1(C(=O)OCc2cccc(Cl)c2)CC[C@H]2[C@H](C(=O)O)[C@H]21. The highest BCUT2D eigenvalue weighted by molar-refractivity contribution is 6.30. The summed E-state index contributed by atoms with van der Waals surface area (Å²) in [4.78, 5) is 36.4. The Morgan fingerprint density at radius 1 is 1.37 bits per heavy atom. The average molecular weight is 394 g/mol. The summed E-state index contributed by atoms with van der Waals surface area (Å²) in [5.41, 5.74) is -0.703. The van der Waals surface area contributed by atoms with E-state index in [0.717, 1.165) is 0 Å². The van der Waals surface area contributed by atoms with Crippen LogP contribution in [-0.2, 0) is 25.7 Å². The smallest absolute Gasteiger partial charge is 0.408 e. The van der Waals surface area contributed by atoms with E-state index in [4.69, 9.17) is 21.1 Å². The van der Waals surface area contributed by atoms with E-state index in [1.165, 1.54) is 6.08 Å². The molecule has 2 N–H and O–H groups in total. The predicted molar refractivity (Wildman–Crippen MR) is 96.0 cm³/mol. The summed E-state index contributed by atoms with van der Waals surface area (Å²) in [7, 11) is 0. The number of ether oxygens (including phenoxy) is 2. The van der Waals surface area contributed by atoms with Crippen LogP contribution in [0.25, 0.3) is 0 Å². The molecule has 1 aromatic rings. The lowest BCUT2D eigenvalue weighted by Gasteiger charge is -2.30. The molecule has 4 atom stereocenters. The number of hydrogen-bond donors (Lipinski definition) is 2. The first-order chi connectivity index (χ1) is 12.9. The number of carbonyl (C=O) groups is 3. The molecule has 2 aliphatic carbocycles. The van der Waals surface area contributed by atoms with Crippen LogP contribution in [0.2, 0.25) is 5.02 Å². The highest BCUT2D eigenvalue weighted by atomic mass is 35.5. The van der Waals surface area contributed by atoms with E-state index in [0.29, 0.717) is 23.4 Å². The van der Waals surface area contributed by atoms with Crippen LogP contribution < -0.4 is 5.32 Å². The quantitative estimate of drug-likeness (QED) is 0.545. The van der Waals surface area contributed by atoms with E-state index in [9.17, 15) is 19.5 Å². The van der Waals surface area contributed by atoms with Crippen molar-refractivity contribution in [3.63, 3.8) is 0 Å². The van der Waals surface area contributed by atoms with Crippen LogP contribution in [0.3, 0.4) is 0 Å². The number of halogens is 1. The lowest BCUT2D eigenvalue weighted by molar-refractivity contribution is -0.154. The van der Waals surface area contributed by atoms with E-state index in [1.54, 1.807) is 24.3 Å². The van der Waals surface area contributed by atoms with Gasteiger partial charge in [0.15, 0.2) is 0 Å². The van der Waals surface area contributed by atoms with Gasteiger partial charge in [-0.1, -0.05) is 36.4 Å². The molecule has 2 saturated carbocycles. The number of nitrogens with one attached hydrogen (secondary N) is 1. The van der Waals surface area contributed by atoms with Crippen LogP contribution in [0, 0.1) is 17.8 Å². The van der Waals surface area contributed by atoms with Gasteiger partial charge in [0.1, 0.15) is 18.8 Å². The van der Waals surface area contributed by atoms with E-state index < -0.39 is 35.4 Å². The molecular weight excluding hydrogens is 374 g/mol. The maximum Gasteiger partial charge on any atom is 0.408 e.